The van der Waals surface area contributed by atoms with Gasteiger partial charge in [-0.2, -0.15) is 0 Å². The fourth-order valence-corrected chi connectivity index (χ4v) is 3.07. The largest absolute Gasteiger partial charge is 0.323 e. The molecule has 12 heavy (non-hydrogen) atoms. The van der Waals surface area contributed by atoms with Crippen molar-refractivity contribution in [3.8, 4) is 0 Å². The SMILES string of the molecule is CC1CC1C(N)c1ccc(Br)s1. The van der Waals surface area contributed by atoms with E-state index in [1.54, 1.807) is 11.3 Å². The van der Waals surface area contributed by atoms with Gasteiger partial charge in [0.2, 0.25) is 0 Å². The standard InChI is InChI=1S/C9H12BrNS/c1-5-4-6(5)9(11)7-2-3-8(10)12-7/h2-3,5-6,9H,4,11H2,1H3. The molecule has 0 radical (unpaired) electrons. The summed E-state index contributed by atoms with van der Waals surface area (Å²) < 4.78 is 1.18. The molecule has 0 aromatic carbocycles. The van der Waals surface area contributed by atoms with E-state index in [0.717, 1.165) is 11.8 Å². The summed E-state index contributed by atoms with van der Waals surface area (Å²) in [6.45, 7) is 2.27. The van der Waals surface area contributed by atoms with Crippen molar-refractivity contribution < 1.29 is 0 Å². The number of hydrogen-bond acceptors (Lipinski definition) is 2. The molecule has 3 atom stereocenters. The zero-order chi connectivity index (χ0) is 8.72. The average molecular weight is 246 g/mol. The summed E-state index contributed by atoms with van der Waals surface area (Å²) in [5.41, 5.74) is 6.09. The zero-order valence-electron chi connectivity index (χ0n) is 6.96. The van der Waals surface area contributed by atoms with Crippen molar-refractivity contribution in [3.63, 3.8) is 0 Å². The zero-order valence-corrected chi connectivity index (χ0v) is 9.36. The van der Waals surface area contributed by atoms with Gasteiger partial charge in [-0.15, -0.1) is 11.3 Å². The van der Waals surface area contributed by atoms with Crippen molar-refractivity contribution >= 4 is 27.3 Å². The van der Waals surface area contributed by atoms with Gasteiger partial charge in [0.25, 0.3) is 0 Å². The van der Waals surface area contributed by atoms with Gasteiger partial charge in [0.15, 0.2) is 0 Å². The van der Waals surface area contributed by atoms with Crippen LogP contribution < -0.4 is 5.73 Å². The Morgan fingerprint density at radius 2 is 2.33 bits per heavy atom. The highest BCUT2D eigenvalue weighted by Gasteiger charge is 2.38. The van der Waals surface area contributed by atoms with Gasteiger partial charge in [-0.25, -0.2) is 0 Å². The Kier molecular flexibility index (Phi) is 2.27. The average Bonchev–Trinajstić information content (AvgIpc) is 2.58. The Hall–Kier alpha value is 0.140. The van der Waals surface area contributed by atoms with Gasteiger partial charge in [0.1, 0.15) is 0 Å². The van der Waals surface area contributed by atoms with Gasteiger partial charge in [-0.3, -0.25) is 0 Å². The first-order valence-corrected chi connectivity index (χ1v) is 5.80. The fourth-order valence-electron chi connectivity index (χ4n) is 1.57. The van der Waals surface area contributed by atoms with Crippen LogP contribution in [-0.2, 0) is 0 Å². The van der Waals surface area contributed by atoms with Crippen molar-refractivity contribution in [1.29, 1.82) is 0 Å². The monoisotopic (exact) mass is 245 g/mol. The molecular weight excluding hydrogens is 234 g/mol. The molecule has 0 bridgehead atoms. The molecule has 1 fully saturated rings. The maximum absolute atomic E-state index is 6.09. The third kappa shape index (κ3) is 1.58. The smallest absolute Gasteiger partial charge is 0.0701 e. The molecule has 2 rings (SSSR count). The molecule has 66 valence electrons. The van der Waals surface area contributed by atoms with Crippen molar-refractivity contribution in [3.05, 3.63) is 20.8 Å². The summed E-state index contributed by atoms with van der Waals surface area (Å²) in [6, 6.07) is 4.48. The molecule has 1 aliphatic rings. The minimum atomic E-state index is 0.274. The second-order valence-electron chi connectivity index (χ2n) is 3.54. The van der Waals surface area contributed by atoms with Crippen LogP contribution in [0.15, 0.2) is 15.9 Å². The highest BCUT2D eigenvalue weighted by molar-refractivity contribution is 9.11. The molecular formula is C9H12BrNS. The number of thiophene rings is 1. The van der Waals surface area contributed by atoms with Crippen molar-refractivity contribution in [2.24, 2.45) is 17.6 Å². The first-order valence-electron chi connectivity index (χ1n) is 4.19. The molecule has 0 saturated heterocycles. The van der Waals surface area contributed by atoms with E-state index in [9.17, 15) is 0 Å². The lowest BCUT2D eigenvalue weighted by Crippen LogP contribution is -2.11. The molecule has 1 saturated carbocycles. The highest BCUT2D eigenvalue weighted by Crippen LogP contribution is 2.47. The quantitative estimate of drug-likeness (QED) is 0.852. The van der Waals surface area contributed by atoms with Gasteiger partial charge in [0, 0.05) is 10.9 Å². The van der Waals surface area contributed by atoms with Crippen LogP contribution in [0.2, 0.25) is 0 Å². The van der Waals surface area contributed by atoms with Crippen LogP contribution >= 0.6 is 27.3 Å². The van der Waals surface area contributed by atoms with Crippen LogP contribution in [0.4, 0.5) is 0 Å². The highest BCUT2D eigenvalue weighted by atomic mass is 79.9. The first-order chi connectivity index (χ1) is 5.68. The minimum Gasteiger partial charge on any atom is -0.323 e. The van der Waals surface area contributed by atoms with Crippen molar-refractivity contribution in [2.45, 2.75) is 19.4 Å². The Morgan fingerprint density at radius 3 is 2.75 bits per heavy atom. The van der Waals surface area contributed by atoms with Gasteiger partial charge in [-0.05, 0) is 46.3 Å². The van der Waals surface area contributed by atoms with E-state index in [-0.39, 0.29) is 6.04 Å². The van der Waals surface area contributed by atoms with Gasteiger partial charge < -0.3 is 5.73 Å². The molecule has 0 aliphatic heterocycles. The summed E-state index contributed by atoms with van der Waals surface area (Å²) in [4.78, 5) is 1.32. The van der Waals surface area contributed by atoms with E-state index >= 15 is 0 Å². The summed E-state index contributed by atoms with van der Waals surface area (Å²) in [6.07, 6.45) is 1.30. The first kappa shape index (κ1) is 8.73. The summed E-state index contributed by atoms with van der Waals surface area (Å²) in [5.74, 6) is 1.57. The minimum absolute atomic E-state index is 0.274. The second-order valence-corrected chi connectivity index (χ2v) is 6.04. The molecule has 2 N–H and O–H groups in total. The number of rotatable bonds is 2. The second kappa shape index (κ2) is 3.13. The topological polar surface area (TPSA) is 26.0 Å². The van der Waals surface area contributed by atoms with E-state index in [2.05, 4.69) is 35.0 Å². The Labute approximate surface area is 85.1 Å². The lowest BCUT2D eigenvalue weighted by molar-refractivity contribution is 0.603. The summed E-state index contributed by atoms with van der Waals surface area (Å²) in [7, 11) is 0. The molecule has 1 heterocycles. The number of hydrogen-bond donors (Lipinski definition) is 1. The van der Waals surface area contributed by atoms with E-state index < -0.39 is 0 Å². The van der Waals surface area contributed by atoms with E-state index in [0.29, 0.717) is 0 Å². The van der Waals surface area contributed by atoms with Crippen LogP contribution in [0, 0.1) is 11.8 Å². The van der Waals surface area contributed by atoms with Crippen LogP contribution in [-0.4, -0.2) is 0 Å². The third-order valence-electron chi connectivity index (χ3n) is 2.56. The Balaban J connectivity index is 2.09. The lowest BCUT2D eigenvalue weighted by atomic mass is 10.1. The molecule has 1 aromatic heterocycles. The number of halogens is 1. The van der Waals surface area contributed by atoms with E-state index in [1.807, 2.05) is 0 Å². The number of nitrogens with two attached hydrogens (primary N) is 1. The normalized spacial score (nSPS) is 30.2. The van der Waals surface area contributed by atoms with Crippen molar-refractivity contribution in [2.75, 3.05) is 0 Å². The molecule has 1 nitrogen and oxygen atoms in total. The molecule has 0 amide bonds. The maximum atomic E-state index is 6.09. The van der Waals surface area contributed by atoms with E-state index in [4.69, 9.17) is 5.73 Å². The van der Waals surface area contributed by atoms with Gasteiger partial charge in [0.05, 0.1) is 3.79 Å². The van der Waals surface area contributed by atoms with Crippen LogP contribution in [0.3, 0.4) is 0 Å². The van der Waals surface area contributed by atoms with Crippen LogP contribution in [0.1, 0.15) is 24.3 Å². The molecule has 3 heteroatoms. The maximum Gasteiger partial charge on any atom is 0.0701 e. The molecule has 1 aromatic rings. The van der Waals surface area contributed by atoms with E-state index in [1.165, 1.54) is 15.1 Å². The predicted molar refractivity (Wildman–Crippen MR) is 56.2 cm³/mol. The van der Waals surface area contributed by atoms with Crippen LogP contribution in [0.5, 0.6) is 0 Å². The van der Waals surface area contributed by atoms with Crippen LogP contribution in [0.25, 0.3) is 0 Å². The lowest BCUT2D eigenvalue weighted by Gasteiger charge is -2.06. The van der Waals surface area contributed by atoms with Gasteiger partial charge >= 0.3 is 0 Å². The Morgan fingerprint density at radius 1 is 1.67 bits per heavy atom. The van der Waals surface area contributed by atoms with Gasteiger partial charge in [-0.1, -0.05) is 6.92 Å². The third-order valence-corrected chi connectivity index (χ3v) is 4.28. The Bertz CT molecular complexity index is 284. The fraction of sp³-hybridized carbons (Fsp3) is 0.556. The molecule has 0 spiro atoms. The molecule has 1 aliphatic carbocycles. The molecule has 3 unspecified atom stereocenters. The van der Waals surface area contributed by atoms with Crippen molar-refractivity contribution in [1.82, 2.24) is 0 Å². The summed E-state index contributed by atoms with van der Waals surface area (Å²) in [5, 5.41) is 0. The predicted octanol–water partition coefficient (Wildman–Crippen LogP) is 3.17. The summed E-state index contributed by atoms with van der Waals surface area (Å²) >= 11 is 5.21.